The van der Waals surface area contributed by atoms with Gasteiger partial charge >= 0.3 is 0 Å². The summed E-state index contributed by atoms with van der Waals surface area (Å²) in [4.78, 5) is 20.9. The third-order valence-corrected chi connectivity index (χ3v) is 6.06. The van der Waals surface area contributed by atoms with Crippen LogP contribution in [0.25, 0.3) is 10.9 Å². The molecule has 1 fully saturated rings. The second kappa shape index (κ2) is 9.65. The number of aromatic nitrogens is 1. The van der Waals surface area contributed by atoms with Crippen LogP contribution in [0.1, 0.15) is 22.8 Å². The maximum Gasteiger partial charge on any atom is 0.178 e. The van der Waals surface area contributed by atoms with Gasteiger partial charge in [0.1, 0.15) is 12.4 Å². The Hall–Kier alpha value is -2.34. The van der Waals surface area contributed by atoms with Crippen molar-refractivity contribution >= 4 is 28.3 Å². The number of aromatic amines is 1. The second-order valence-corrected chi connectivity index (χ2v) is 8.18. The summed E-state index contributed by atoms with van der Waals surface area (Å²) < 4.78 is 5.79. The summed E-state index contributed by atoms with van der Waals surface area (Å²) in [7, 11) is 0. The number of nitrogens with one attached hydrogen (secondary N) is 1. The maximum atomic E-state index is 12.9. The summed E-state index contributed by atoms with van der Waals surface area (Å²) in [5.74, 6) is 1.03. The number of para-hydroxylation sites is 1. The zero-order valence-electron chi connectivity index (χ0n) is 17.4. The number of fused-ring (bicyclic) bond motifs is 1. The highest BCUT2D eigenvalue weighted by Crippen LogP contribution is 2.23. The Balaban J connectivity index is 1.25. The Bertz CT molecular complexity index is 991. The van der Waals surface area contributed by atoms with E-state index in [4.69, 9.17) is 16.3 Å². The molecule has 1 aromatic heterocycles. The minimum Gasteiger partial charge on any atom is -0.492 e. The maximum absolute atomic E-state index is 12.9. The van der Waals surface area contributed by atoms with Gasteiger partial charge in [-0.2, -0.15) is 0 Å². The van der Waals surface area contributed by atoms with Crippen molar-refractivity contribution in [1.29, 1.82) is 0 Å². The predicted octanol–water partition coefficient (Wildman–Crippen LogP) is 4.26. The molecule has 158 valence electrons. The van der Waals surface area contributed by atoms with E-state index in [1.807, 2.05) is 42.6 Å². The third-order valence-electron chi connectivity index (χ3n) is 5.81. The van der Waals surface area contributed by atoms with Crippen LogP contribution in [0.4, 0.5) is 0 Å². The van der Waals surface area contributed by atoms with E-state index in [9.17, 15) is 4.79 Å². The molecule has 0 amide bonds. The number of hydrogen-bond donors (Lipinski definition) is 1. The zero-order valence-corrected chi connectivity index (χ0v) is 18.1. The Kier molecular flexibility index (Phi) is 6.72. The van der Waals surface area contributed by atoms with Gasteiger partial charge in [-0.15, -0.1) is 0 Å². The van der Waals surface area contributed by atoms with Crippen LogP contribution in [0.5, 0.6) is 5.75 Å². The van der Waals surface area contributed by atoms with Crippen LogP contribution in [0, 0.1) is 0 Å². The summed E-state index contributed by atoms with van der Waals surface area (Å²) in [6.45, 7) is 7.83. The van der Waals surface area contributed by atoms with Gasteiger partial charge in [-0.05, 0) is 36.2 Å². The molecule has 3 aromatic rings. The predicted molar refractivity (Wildman–Crippen MR) is 122 cm³/mol. The number of ketones is 1. The number of ether oxygens (including phenoxy) is 1. The van der Waals surface area contributed by atoms with E-state index >= 15 is 0 Å². The quantitative estimate of drug-likeness (QED) is 0.548. The average molecular weight is 426 g/mol. The highest BCUT2D eigenvalue weighted by atomic mass is 35.5. The van der Waals surface area contributed by atoms with Crippen LogP contribution in [-0.4, -0.2) is 66.4 Å². The molecule has 2 heterocycles. The van der Waals surface area contributed by atoms with Gasteiger partial charge in [0.05, 0.1) is 6.54 Å². The number of benzene rings is 2. The lowest BCUT2D eigenvalue weighted by molar-refractivity contribution is 0.0832. The number of hydrogen-bond acceptors (Lipinski definition) is 4. The summed E-state index contributed by atoms with van der Waals surface area (Å²) in [6.07, 6.45) is 2.83. The smallest absolute Gasteiger partial charge is 0.178 e. The molecule has 0 saturated carbocycles. The number of Topliss-reactive ketones (excluding diaryl/α,β-unsaturated/α-hetero) is 1. The van der Waals surface area contributed by atoms with Gasteiger partial charge in [-0.3, -0.25) is 14.6 Å². The first kappa shape index (κ1) is 20.9. The normalized spacial score (nSPS) is 15.5. The molecule has 30 heavy (non-hydrogen) atoms. The minimum atomic E-state index is 0.189. The Labute approximate surface area is 182 Å². The van der Waals surface area contributed by atoms with E-state index in [1.165, 1.54) is 5.56 Å². The molecule has 4 rings (SSSR count). The molecular formula is C24H28ClN3O2. The molecule has 1 N–H and O–H groups in total. The molecule has 0 aliphatic carbocycles. The Morgan fingerprint density at radius 3 is 2.53 bits per heavy atom. The molecule has 1 aliphatic rings. The van der Waals surface area contributed by atoms with Gasteiger partial charge in [-0.25, -0.2) is 0 Å². The number of H-pyrrole nitrogens is 1. The SMILES string of the molecule is CCc1cccc2c(C(=O)CN3CCN(CCOc4ccc(Cl)cc4)CC3)c[nH]c12. The summed E-state index contributed by atoms with van der Waals surface area (Å²) in [5.41, 5.74) is 3.15. The van der Waals surface area contributed by atoms with Gasteiger partial charge in [-0.1, -0.05) is 36.7 Å². The van der Waals surface area contributed by atoms with E-state index in [0.717, 1.165) is 61.4 Å². The van der Waals surface area contributed by atoms with Crippen molar-refractivity contribution in [3.8, 4) is 5.75 Å². The monoisotopic (exact) mass is 425 g/mol. The van der Waals surface area contributed by atoms with Crippen molar-refractivity contribution in [2.75, 3.05) is 45.9 Å². The van der Waals surface area contributed by atoms with Crippen LogP contribution in [-0.2, 0) is 6.42 Å². The molecule has 1 aliphatic heterocycles. The number of carbonyl (C=O) groups excluding carboxylic acids is 1. The van der Waals surface area contributed by atoms with Crippen LogP contribution < -0.4 is 4.74 Å². The largest absolute Gasteiger partial charge is 0.492 e. The first-order valence-corrected chi connectivity index (χ1v) is 11.0. The fourth-order valence-electron chi connectivity index (χ4n) is 4.03. The molecule has 6 heteroatoms. The molecule has 0 spiro atoms. The molecular weight excluding hydrogens is 398 g/mol. The minimum absolute atomic E-state index is 0.189. The third kappa shape index (κ3) is 4.86. The number of rotatable bonds is 8. The van der Waals surface area contributed by atoms with Crippen LogP contribution in [0.15, 0.2) is 48.7 Å². The highest BCUT2D eigenvalue weighted by molar-refractivity contribution is 6.30. The van der Waals surface area contributed by atoms with Crippen molar-refractivity contribution in [2.45, 2.75) is 13.3 Å². The molecule has 0 unspecified atom stereocenters. The van der Waals surface area contributed by atoms with Crippen molar-refractivity contribution in [3.63, 3.8) is 0 Å². The lowest BCUT2D eigenvalue weighted by atomic mass is 10.0. The number of aryl methyl sites for hydroxylation is 1. The molecule has 1 saturated heterocycles. The van der Waals surface area contributed by atoms with Gasteiger partial charge in [0.2, 0.25) is 0 Å². The fraction of sp³-hybridized carbons (Fsp3) is 0.375. The lowest BCUT2D eigenvalue weighted by Gasteiger charge is -2.34. The van der Waals surface area contributed by atoms with Gasteiger partial charge in [0, 0.05) is 60.4 Å². The molecule has 0 atom stereocenters. The summed E-state index contributed by atoms with van der Waals surface area (Å²) in [6, 6.07) is 13.6. The van der Waals surface area contributed by atoms with Gasteiger partial charge in [0.25, 0.3) is 0 Å². The Morgan fingerprint density at radius 1 is 1.07 bits per heavy atom. The first-order valence-electron chi connectivity index (χ1n) is 10.6. The highest BCUT2D eigenvalue weighted by Gasteiger charge is 2.21. The Morgan fingerprint density at radius 2 is 1.80 bits per heavy atom. The van der Waals surface area contributed by atoms with Crippen molar-refractivity contribution < 1.29 is 9.53 Å². The van der Waals surface area contributed by atoms with Crippen molar-refractivity contribution in [1.82, 2.24) is 14.8 Å². The molecule has 5 nitrogen and oxygen atoms in total. The van der Waals surface area contributed by atoms with Crippen molar-refractivity contribution in [3.05, 3.63) is 64.8 Å². The van der Waals surface area contributed by atoms with E-state index in [2.05, 4.69) is 27.8 Å². The van der Waals surface area contributed by atoms with Gasteiger partial charge < -0.3 is 9.72 Å². The van der Waals surface area contributed by atoms with Crippen LogP contribution in [0.3, 0.4) is 0 Å². The van der Waals surface area contributed by atoms with Crippen LogP contribution >= 0.6 is 11.6 Å². The molecule has 2 aromatic carbocycles. The number of carbonyl (C=O) groups is 1. The number of halogens is 1. The average Bonchev–Trinajstić information content (AvgIpc) is 3.21. The van der Waals surface area contributed by atoms with E-state index in [-0.39, 0.29) is 5.78 Å². The number of piperazine rings is 1. The lowest BCUT2D eigenvalue weighted by Crippen LogP contribution is -2.48. The topological polar surface area (TPSA) is 48.6 Å². The standard InChI is InChI=1S/C24H28ClN3O2/c1-2-18-4-3-5-21-22(16-26-24(18)21)23(29)17-28-12-10-27(11-13-28)14-15-30-20-8-6-19(25)7-9-20/h3-9,16,26H,2,10-15,17H2,1H3. The fourth-order valence-corrected chi connectivity index (χ4v) is 4.15. The second-order valence-electron chi connectivity index (χ2n) is 7.74. The van der Waals surface area contributed by atoms with E-state index < -0.39 is 0 Å². The summed E-state index contributed by atoms with van der Waals surface area (Å²) >= 11 is 5.90. The van der Waals surface area contributed by atoms with Gasteiger partial charge in [0.15, 0.2) is 5.78 Å². The number of nitrogens with zero attached hydrogens (tertiary/aromatic N) is 2. The molecule has 0 radical (unpaired) electrons. The van der Waals surface area contributed by atoms with E-state index in [1.54, 1.807) is 0 Å². The summed E-state index contributed by atoms with van der Waals surface area (Å²) in [5, 5.41) is 1.75. The zero-order chi connectivity index (χ0) is 20.9. The van der Waals surface area contributed by atoms with Crippen LogP contribution in [0.2, 0.25) is 5.02 Å². The first-order chi connectivity index (χ1) is 14.6. The molecule has 0 bridgehead atoms. The van der Waals surface area contributed by atoms with Crippen molar-refractivity contribution in [2.24, 2.45) is 0 Å². The van der Waals surface area contributed by atoms with E-state index in [0.29, 0.717) is 18.2 Å².